The highest BCUT2D eigenvalue weighted by atomic mass is 32.2. The number of piperazine rings is 1. The molecule has 0 bridgehead atoms. The monoisotopic (exact) mass is 386 g/mol. The molecule has 0 atom stereocenters. The van der Waals surface area contributed by atoms with Crippen molar-refractivity contribution in [3.8, 4) is 0 Å². The molecule has 0 radical (unpaired) electrons. The van der Waals surface area contributed by atoms with Crippen LogP contribution >= 0.6 is 11.3 Å². The Morgan fingerprint density at radius 1 is 1.04 bits per heavy atom. The average molecular weight is 386 g/mol. The number of thiophene rings is 1. The smallest absolute Gasteiger partial charge is 0.341 e. The minimum Gasteiger partial charge on any atom is -0.360 e. The summed E-state index contributed by atoms with van der Waals surface area (Å²) < 4.78 is 47.9. The summed E-state index contributed by atoms with van der Waals surface area (Å²) in [6.07, 6.45) is 0. The number of nitrogens with zero attached hydrogens (tertiary/aromatic N) is 2. The van der Waals surface area contributed by atoms with Gasteiger partial charge in [-0.15, -0.1) is 11.3 Å². The van der Waals surface area contributed by atoms with Gasteiger partial charge in [-0.05, 0) is 41.8 Å². The van der Waals surface area contributed by atoms with Crippen molar-refractivity contribution in [3.05, 3.63) is 47.3 Å². The third kappa shape index (κ3) is 3.67. The molecule has 0 unspecified atom stereocenters. The number of anilines is 1. The van der Waals surface area contributed by atoms with Gasteiger partial charge in [0.2, 0.25) is 9.84 Å². The van der Waals surface area contributed by atoms with Gasteiger partial charge in [0.15, 0.2) is 0 Å². The second kappa shape index (κ2) is 7.09. The molecule has 0 saturated carbocycles. The van der Waals surface area contributed by atoms with Crippen molar-refractivity contribution >= 4 is 32.1 Å². The maximum atomic E-state index is 12.5. The molecular weight excluding hydrogens is 370 g/mol. The fourth-order valence-corrected chi connectivity index (χ4v) is 4.16. The number of hydrogen-bond donors (Lipinski definition) is 0. The fourth-order valence-electron chi connectivity index (χ4n) is 2.65. The van der Waals surface area contributed by atoms with Crippen LogP contribution in [-0.4, -0.2) is 51.2 Å². The molecule has 1 amide bonds. The molecule has 25 heavy (non-hydrogen) atoms. The zero-order valence-electron chi connectivity index (χ0n) is 13.1. The van der Waals surface area contributed by atoms with Gasteiger partial charge in [-0.3, -0.25) is 4.79 Å². The van der Waals surface area contributed by atoms with Gasteiger partial charge in [-0.1, -0.05) is 0 Å². The standard InChI is InChI=1S/C16H16F2N2O3S2/c17-16(18)25(22,23)13-5-3-12(4-6-13)15(21)20-9-7-19(8-10-20)14-2-1-11-24-14/h1-6,11,16H,7-10H2. The third-order valence-corrected chi connectivity index (χ3v) is 6.38. The summed E-state index contributed by atoms with van der Waals surface area (Å²) >= 11 is 1.65. The number of alkyl halides is 2. The largest absolute Gasteiger partial charge is 0.360 e. The van der Waals surface area contributed by atoms with Crippen molar-refractivity contribution in [1.82, 2.24) is 4.90 Å². The first-order chi connectivity index (χ1) is 11.9. The Morgan fingerprint density at radius 2 is 1.68 bits per heavy atom. The molecule has 5 nitrogen and oxygen atoms in total. The van der Waals surface area contributed by atoms with Crippen molar-refractivity contribution in [1.29, 1.82) is 0 Å². The molecule has 0 aliphatic carbocycles. The number of benzene rings is 1. The van der Waals surface area contributed by atoms with E-state index in [1.54, 1.807) is 16.2 Å². The molecule has 1 aliphatic rings. The number of halogens is 2. The van der Waals surface area contributed by atoms with Crippen LogP contribution in [0.3, 0.4) is 0 Å². The molecule has 1 fully saturated rings. The van der Waals surface area contributed by atoms with Crippen LogP contribution < -0.4 is 4.90 Å². The third-order valence-electron chi connectivity index (χ3n) is 4.05. The van der Waals surface area contributed by atoms with E-state index in [1.165, 1.54) is 12.1 Å². The first-order valence-electron chi connectivity index (χ1n) is 7.59. The molecule has 0 N–H and O–H groups in total. The van der Waals surface area contributed by atoms with Gasteiger partial charge in [0.25, 0.3) is 5.91 Å². The Morgan fingerprint density at radius 3 is 2.20 bits per heavy atom. The van der Waals surface area contributed by atoms with E-state index >= 15 is 0 Å². The van der Waals surface area contributed by atoms with Crippen LogP contribution in [0.1, 0.15) is 10.4 Å². The molecule has 3 rings (SSSR count). The summed E-state index contributed by atoms with van der Waals surface area (Å²) in [7, 11) is -4.64. The summed E-state index contributed by atoms with van der Waals surface area (Å²) in [6, 6.07) is 8.68. The number of carbonyl (C=O) groups excluding carboxylic acids is 1. The number of amides is 1. The number of rotatable bonds is 4. The molecule has 0 spiro atoms. The van der Waals surface area contributed by atoms with Crippen LogP contribution in [0.15, 0.2) is 46.7 Å². The predicted octanol–water partition coefficient (Wildman–Crippen LogP) is 2.71. The van der Waals surface area contributed by atoms with E-state index in [2.05, 4.69) is 4.90 Å². The summed E-state index contributed by atoms with van der Waals surface area (Å²) in [6.45, 7) is 2.52. The Balaban J connectivity index is 1.66. The Bertz CT molecular complexity index is 829. The van der Waals surface area contributed by atoms with Crippen LogP contribution in [0.25, 0.3) is 0 Å². The first kappa shape index (κ1) is 17.8. The molecular formula is C16H16F2N2O3S2. The van der Waals surface area contributed by atoms with Crippen LogP contribution in [-0.2, 0) is 9.84 Å². The fraction of sp³-hybridized carbons (Fsp3) is 0.312. The van der Waals surface area contributed by atoms with Crippen LogP contribution in [0.4, 0.5) is 13.8 Å². The van der Waals surface area contributed by atoms with E-state index in [0.717, 1.165) is 17.1 Å². The Labute approximate surface area is 148 Å². The second-order valence-electron chi connectivity index (χ2n) is 5.56. The lowest BCUT2D eigenvalue weighted by Gasteiger charge is -2.35. The van der Waals surface area contributed by atoms with E-state index in [1.807, 2.05) is 17.5 Å². The van der Waals surface area contributed by atoms with Crippen molar-refractivity contribution in [3.63, 3.8) is 0 Å². The number of carbonyl (C=O) groups is 1. The van der Waals surface area contributed by atoms with Crippen molar-refractivity contribution in [2.45, 2.75) is 10.7 Å². The van der Waals surface area contributed by atoms with Gasteiger partial charge in [0.1, 0.15) is 0 Å². The lowest BCUT2D eigenvalue weighted by atomic mass is 10.2. The molecule has 1 aromatic heterocycles. The molecule has 1 saturated heterocycles. The molecule has 9 heteroatoms. The van der Waals surface area contributed by atoms with Crippen molar-refractivity contribution < 1.29 is 22.0 Å². The number of sulfone groups is 1. The maximum absolute atomic E-state index is 12.5. The van der Waals surface area contributed by atoms with E-state index in [4.69, 9.17) is 0 Å². The zero-order chi connectivity index (χ0) is 18.0. The summed E-state index contributed by atoms with van der Waals surface area (Å²) in [5.41, 5.74) is 0.290. The normalized spacial score (nSPS) is 15.6. The average Bonchev–Trinajstić information content (AvgIpc) is 3.16. The molecule has 2 heterocycles. The van der Waals surface area contributed by atoms with Gasteiger partial charge < -0.3 is 9.80 Å². The summed E-state index contributed by atoms with van der Waals surface area (Å²) in [5.74, 6) is -3.70. The minimum atomic E-state index is -4.64. The summed E-state index contributed by atoms with van der Waals surface area (Å²) in [5, 5.41) is 3.16. The Kier molecular flexibility index (Phi) is 5.05. The van der Waals surface area contributed by atoms with Gasteiger partial charge in [0, 0.05) is 31.7 Å². The van der Waals surface area contributed by atoms with Gasteiger partial charge in [0.05, 0.1) is 9.90 Å². The number of hydrogen-bond acceptors (Lipinski definition) is 5. The van der Waals surface area contributed by atoms with E-state index in [-0.39, 0.29) is 11.5 Å². The predicted molar refractivity (Wildman–Crippen MR) is 92.1 cm³/mol. The molecule has 1 aliphatic heterocycles. The van der Waals surface area contributed by atoms with Crippen molar-refractivity contribution in [2.75, 3.05) is 31.1 Å². The molecule has 1 aromatic carbocycles. The minimum absolute atomic E-state index is 0.230. The SMILES string of the molecule is O=C(c1ccc(S(=O)(=O)C(F)F)cc1)N1CCN(c2cccs2)CC1. The quantitative estimate of drug-likeness (QED) is 0.811. The Hall–Kier alpha value is -2.00. The molecule has 2 aromatic rings. The van der Waals surface area contributed by atoms with Gasteiger partial charge in [-0.25, -0.2) is 8.42 Å². The zero-order valence-corrected chi connectivity index (χ0v) is 14.8. The highest BCUT2D eigenvalue weighted by Crippen LogP contribution is 2.23. The highest BCUT2D eigenvalue weighted by molar-refractivity contribution is 7.91. The lowest BCUT2D eigenvalue weighted by Crippen LogP contribution is -2.48. The second-order valence-corrected chi connectivity index (χ2v) is 8.40. The van der Waals surface area contributed by atoms with Crippen LogP contribution in [0.2, 0.25) is 0 Å². The van der Waals surface area contributed by atoms with Gasteiger partial charge >= 0.3 is 5.76 Å². The van der Waals surface area contributed by atoms with E-state index in [9.17, 15) is 22.0 Å². The van der Waals surface area contributed by atoms with Crippen LogP contribution in [0, 0.1) is 0 Å². The lowest BCUT2D eigenvalue weighted by molar-refractivity contribution is 0.0747. The van der Waals surface area contributed by atoms with Crippen molar-refractivity contribution in [2.24, 2.45) is 0 Å². The first-order valence-corrected chi connectivity index (χ1v) is 10.0. The van der Waals surface area contributed by atoms with E-state index in [0.29, 0.717) is 26.2 Å². The van der Waals surface area contributed by atoms with Crippen LogP contribution in [0.5, 0.6) is 0 Å². The van der Waals surface area contributed by atoms with Gasteiger partial charge in [-0.2, -0.15) is 8.78 Å². The summed E-state index contributed by atoms with van der Waals surface area (Å²) in [4.78, 5) is 15.9. The maximum Gasteiger partial charge on any atom is 0.341 e. The topological polar surface area (TPSA) is 57.7 Å². The van der Waals surface area contributed by atoms with E-state index < -0.39 is 20.5 Å². The molecule has 134 valence electrons. The highest BCUT2D eigenvalue weighted by Gasteiger charge is 2.27.